The molecule has 0 aromatic carbocycles. The first-order valence-corrected chi connectivity index (χ1v) is 17.6. The third-order valence-electron chi connectivity index (χ3n) is 2.14. The van der Waals surface area contributed by atoms with Crippen LogP contribution in [0.1, 0.15) is 0 Å². The molecule has 0 aromatic rings. The van der Waals surface area contributed by atoms with Crippen LogP contribution in [-0.2, 0) is 20.6 Å². The Morgan fingerprint density at radius 2 is 1.35 bits per heavy atom. The molecule has 1 saturated heterocycles. The van der Waals surface area contributed by atoms with E-state index in [1.165, 1.54) is 0 Å². The predicted octanol–water partition coefficient (Wildman–Crippen LogP) is 1.04. The van der Waals surface area contributed by atoms with E-state index in [1.807, 2.05) is 6.55 Å². The van der Waals surface area contributed by atoms with Gasteiger partial charge in [-0.3, -0.25) is 0 Å². The second-order valence-corrected chi connectivity index (χ2v) is 20.4. The summed E-state index contributed by atoms with van der Waals surface area (Å²) in [6, 6.07) is 0. The van der Waals surface area contributed by atoms with Crippen molar-refractivity contribution >= 4 is 45.0 Å². The molecule has 0 bridgehead atoms. The van der Waals surface area contributed by atoms with Gasteiger partial charge in [-0.05, 0) is 45.8 Å². The van der Waals surface area contributed by atoms with Crippen LogP contribution in [0.25, 0.3) is 0 Å². The zero-order valence-electron chi connectivity index (χ0n) is 11.8. The summed E-state index contributed by atoms with van der Waals surface area (Å²) in [4.78, 5) is 0. The first-order chi connectivity index (χ1) is 7.52. The lowest BCUT2D eigenvalue weighted by Gasteiger charge is -2.40. The Morgan fingerprint density at radius 3 is 1.94 bits per heavy atom. The smallest absolute Gasteiger partial charge is 0.314 e. The van der Waals surface area contributed by atoms with E-state index in [9.17, 15) is 0 Å². The van der Waals surface area contributed by atoms with Gasteiger partial charge in [0.05, 0.1) is 0 Å². The summed E-state index contributed by atoms with van der Waals surface area (Å²) in [5.74, 6) is 0. The molecule has 1 heterocycles. The maximum absolute atomic E-state index is 6.17. The summed E-state index contributed by atoms with van der Waals surface area (Å²) in [6.07, 6.45) is 0. The highest BCUT2D eigenvalue weighted by Gasteiger charge is 2.43. The number of rotatable bonds is 0. The average molecular weight is 329 g/mol. The van der Waals surface area contributed by atoms with Crippen molar-refractivity contribution in [2.45, 2.75) is 45.8 Å². The highest BCUT2D eigenvalue weighted by Crippen LogP contribution is 2.23. The molecule has 5 nitrogen and oxygen atoms in total. The van der Waals surface area contributed by atoms with E-state index in [-0.39, 0.29) is 0 Å². The number of hydrogen-bond donors (Lipinski definition) is 0. The molecule has 17 heavy (non-hydrogen) atoms. The van der Waals surface area contributed by atoms with Crippen molar-refractivity contribution in [1.82, 2.24) is 0 Å². The minimum Gasteiger partial charge on any atom is -0.423 e. The summed E-state index contributed by atoms with van der Waals surface area (Å²) in [7, 11) is -8.95. The van der Waals surface area contributed by atoms with Crippen molar-refractivity contribution in [1.29, 1.82) is 0 Å². The van der Waals surface area contributed by atoms with Gasteiger partial charge in [0, 0.05) is 0 Å². The third-order valence-corrected chi connectivity index (χ3v) is 19.3. The Hall–Kier alpha value is 0.884. The molecule has 0 amide bonds. The second kappa shape index (κ2) is 5.48. The normalized spacial score (nSPS) is 34.4. The first-order valence-electron chi connectivity index (χ1n) is 5.85. The highest BCUT2D eigenvalue weighted by atomic mass is 28.5. The lowest BCUT2D eigenvalue weighted by atomic mass is 11.9. The van der Waals surface area contributed by atoms with Gasteiger partial charge in [-0.1, -0.05) is 0 Å². The zero-order chi connectivity index (χ0) is 13.3. The quantitative estimate of drug-likeness (QED) is 0.622. The van der Waals surface area contributed by atoms with Crippen LogP contribution in [0.5, 0.6) is 0 Å². The fourth-order valence-corrected chi connectivity index (χ4v) is 20.2. The summed E-state index contributed by atoms with van der Waals surface area (Å²) in [6.45, 7) is 14.4. The molecule has 1 aliphatic heterocycles. The molecule has 1 aliphatic rings. The molecule has 0 radical (unpaired) electrons. The Balaban J connectivity index is 2.83. The molecule has 1 atom stereocenters. The van der Waals surface area contributed by atoms with E-state index in [0.29, 0.717) is 0 Å². The van der Waals surface area contributed by atoms with Gasteiger partial charge in [-0.2, -0.15) is 0 Å². The van der Waals surface area contributed by atoms with Crippen LogP contribution in [-0.4, -0.2) is 45.0 Å². The van der Waals surface area contributed by atoms with Crippen molar-refractivity contribution in [3.63, 3.8) is 0 Å². The van der Waals surface area contributed by atoms with Crippen LogP contribution in [0, 0.1) is 0 Å². The topological polar surface area (TPSA) is 46.2 Å². The molecule has 0 aliphatic carbocycles. The summed E-state index contributed by atoms with van der Waals surface area (Å²) < 4.78 is 29.8. The standard InChI is InChI=1S/C7H24O5Si5/c1-14-8-13-9-15(2,3)11-17(6,7)12-16(4,5)10-14/h14H,13H2,1-7H3. The summed E-state index contributed by atoms with van der Waals surface area (Å²) in [5, 5.41) is 0. The molecule has 1 unspecified atom stereocenters. The minimum absolute atomic E-state index is 0.973. The van der Waals surface area contributed by atoms with Crippen LogP contribution >= 0.6 is 0 Å². The molecule has 10 heteroatoms. The van der Waals surface area contributed by atoms with Gasteiger partial charge in [0.2, 0.25) is 0 Å². The Kier molecular flexibility index (Phi) is 5.14. The molecule has 1 fully saturated rings. The Labute approximate surface area is 111 Å². The Bertz CT molecular complexity index is 271. The summed E-state index contributed by atoms with van der Waals surface area (Å²) in [5.41, 5.74) is 0. The Morgan fingerprint density at radius 1 is 0.824 bits per heavy atom. The van der Waals surface area contributed by atoms with E-state index in [0.717, 1.165) is 0 Å². The molecule has 102 valence electrons. The third kappa shape index (κ3) is 6.04. The van der Waals surface area contributed by atoms with Gasteiger partial charge in [-0.15, -0.1) is 0 Å². The van der Waals surface area contributed by atoms with Crippen molar-refractivity contribution in [3.8, 4) is 0 Å². The monoisotopic (exact) mass is 328 g/mol. The average Bonchev–Trinajstić information content (AvgIpc) is 1.94. The molecule has 0 N–H and O–H groups in total. The van der Waals surface area contributed by atoms with E-state index >= 15 is 0 Å². The van der Waals surface area contributed by atoms with E-state index < -0.39 is 45.0 Å². The second-order valence-electron chi connectivity index (χ2n) is 5.52. The molecular weight excluding hydrogens is 305 g/mol. The predicted molar refractivity (Wildman–Crippen MR) is 79.4 cm³/mol. The van der Waals surface area contributed by atoms with Gasteiger partial charge in [0.25, 0.3) is 19.3 Å². The SMILES string of the molecule is C[SiH]1O[SiH2]O[Si](C)(C)O[Si](C)(C)O[Si](C)(C)O1. The van der Waals surface area contributed by atoms with Crippen molar-refractivity contribution in [2.24, 2.45) is 0 Å². The lowest BCUT2D eigenvalue weighted by molar-refractivity contribution is 0.266. The van der Waals surface area contributed by atoms with Crippen LogP contribution in [0.4, 0.5) is 0 Å². The minimum atomic E-state index is -2.17. The fourth-order valence-electron chi connectivity index (χ4n) is 1.96. The highest BCUT2D eigenvalue weighted by molar-refractivity contribution is 6.87. The van der Waals surface area contributed by atoms with E-state index in [4.69, 9.17) is 20.6 Å². The first kappa shape index (κ1) is 15.9. The molecule has 0 saturated carbocycles. The van der Waals surface area contributed by atoms with Crippen molar-refractivity contribution in [2.75, 3.05) is 0 Å². The molecule has 1 rings (SSSR count). The van der Waals surface area contributed by atoms with E-state index in [2.05, 4.69) is 39.3 Å². The maximum atomic E-state index is 6.17. The molecule has 0 spiro atoms. The van der Waals surface area contributed by atoms with Gasteiger partial charge < -0.3 is 20.6 Å². The number of hydrogen-bond acceptors (Lipinski definition) is 5. The van der Waals surface area contributed by atoms with Crippen LogP contribution in [0.2, 0.25) is 45.8 Å². The lowest BCUT2D eigenvalue weighted by Crippen LogP contribution is -2.57. The van der Waals surface area contributed by atoms with Gasteiger partial charge in [0.1, 0.15) is 0 Å². The van der Waals surface area contributed by atoms with Crippen molar-refractivity contribution < 1.29 is 20.6 Å². The van der Waals surface area contributed by atoms with Gasteiger partial charge >= 0.3 is 25.7 Å². The van der Waals surface area contributed by atoms with Crippen molar-refractivity contribution in [3.05, 3.63) is 0 Å². The van der Waals surface area contributed by atoms with Crippen LogP contribution in [0.3, 0.4) is 0 Å². The maximum Gasteiger partial charge on any atom is 0.314 e. The van der Waals surface area contributed by atoms with Gasteiger partial charge in [0.15, 0.2) is 0 Å². The zero-order valence-corrected chi connectivity index (χ0v) is 17.4. The van der Waals surface area contributed by atoms with Gasteiger partial charge in [-0.25, -0.2) is 0 Å². The van der Waals surface area contributed by atoms with E-state index in [1.54, 1.807) is 0 Å². The summed E-state index contributed by atoms with van der Waals surface area (Å²) >= 11 is 0. The molecule has 0 aromatic heterocycles. The fraction of sp³-hybridized carbons (Fsp3) is 1.00. The molecular formula is C7H24O5Si5. The largest absolute Gasteiger partial charge is 0.423 e. The van der Waals surface area contributed by atoms with Crippen LogP contribution < -0.4 is 0 Å². The van der Waals surface area contributed by atoms with Crippen LogP contribution in [0.15, 0.2) is 0 Å².